The van der Waals surface area contributed by atoms with Crippen LogP contribution in [0.1, 0.15) is 12.0 Å². The summed E-state index contributed by atoms with van der Waals surface area (Å²) < 4.78 is 0. The summed E-state index contributed by atoms with van der Waals surface area (Å²) in [5.74, 6) is -1.74. The molecule has 2 aliphatic heterocycles. The van der Waals surface area contributed by atoms with Gasteiger partial charge in [-0.2, -0.15) is 0 Å². The topological polar surface area (TPSA) is 86.7 Å². The number of aliphatic carboxylic acids is 1. The van der Waals surface area contributed by atoms with Crippen LogP contribution in [0.15, 0.2) is 42.1 Å². The zero-order chi connectivity index (χ0) is 15.7. The Hall–Kier alpha value is -2.28. The van der Waals surface area contributed by atoms with Crippen LogP contribution in [-0.4, -0.2) is 38.5 Å². The van der Waals surface area contributed by atoms with Crippen LogP contribution < -0.4 is 5.32 Å². The minimum Gasteiger partial charge on any atom is -0.477 e. The third-order valence-corrected chi connectivity index (χ3v) is 4.84. The Morgan fingerprint density at radius 1 is 1.32 bits per heavy atom. The van der Waals surface area contributed by atoms with Crippen molar-refractivity contribution in [1.82, 2.24) is 10.2 Å². The molecule has 0 bridgehead atoms. The third kappa shape index (κ3) is 2.71. The van der Waals surface area contributed by atoms with Gasteiger partial charge in [-0.1, -0.05) is 36.4 Å². The minimum absolute atomic E-state index is 0.00214. The lowest BCUT2D eigenvalue weighted by Gasteiger charge is -2.16. The van der Waals surface area contributed by atoms with Crippen LogP contribution in [0.4, 0.5) is 0 Å². The highest BCUT2D eigenvalue weighted by molar-refractivity contribution is 8.01. The zero-order valence-corrected chi connectivity index (χ0v) is 12.4. The SMILES string of the molecule is O=C(Cc1ccccc1)N[C@H]1S[C@H]2CC=C(C(=O)O)N2C1=O. The van der Waals surface area contributed by atoms with Crippen LogP contribution in [-0.2, 0) is 20.8 Å². The smallest absolute Gasteiger partial charge is 0.352 e. The third-order valence-electron chi connectivity index (χ3n) is 3.53. The average Bonchev–Trinajstić information content (AvgIpc) is 3.02. The molecule has 0 aliphatic carbocycles. The second-order valence-corrected chi connectivity index (χ2v) is 6.33. The van der Waals surface area contributed by atoms with Gasteiger partial charge in [0.2, 0.25) is 5.91 Å². The maximum Gasteiger partial charge on any atom is 0.352 e. The molecule has 2 heterocycles. The molecule has 2 amide bonds. The molecule has 7 heteroatoms. The van der Waals surface area contributed by atoms with Crippen LogP contribution >= 0.6 is 11.8 Å². The summed E-state index contributed by atoms with van der Waals surface area (Å²) in [6.07, 6.45) is 2.22. The van der Waals surface area contributed by atoms with E-state index in [1.807, 2.05) is 30.3 Å². The maximum absolute atomic E-state index is 12.3. The van der Waals surface area contributed by atoms with Crippen LogP contribution in [0.3, 0.4) is 0 Å². The molecular formula is C15H14N2O4S. The molecule has 0 aromatic heterocycles. The first kappa shape index (κ1) is 14.6. The van der Waals surface area contributed by atoms with E-state index in [0.717, 1.165) is 5.56 Å². The maximum atomic E-state index is 12.3. The standard InChI is InChI=1S/C15H14N2O4S/c18-11(8-9-4-2-1-3-5-9)16-13-14(19)17-10(15(20)21)6-7-12(17)22-13/h1-6,12-13H,7-8H2,(H,16,18)(H,20,21)/t12-,13-/m0/s1. The monoisotopic (exact) mass is 318 g/mol. The van der Waals surface area contributed by atoms with Crippen LogP contribution in [0.2, 0.25) is 0 Å². The molecule has 3 rings (SSSR count). The summed E-state index contributed by atoms with van der Waals surface area (Å²) in [7, 11) is 0. The van der Waals surface area contributed by atoms with Gasteiger partial charge >= 0.3 is 5.97 Å². The molecule has 22 heavy (non-hydrogen) atoms. The number of nitrogens with one attached hydrogen (secondary N) is 1. The molecule has 2 aliphatic rings. The fourth-order valence-corrected chi connectivity index (χ4v) is 3.84. The second kappa shape index (κ2) is 5.84. The number of carbonyl (C=O) groups is 3. The van der Waals surface area contributed by atoms with E-state index in [9.17, 15) is 14.4 Å². The number of carboxylic acid groups (broad SMARTS) is 1. The van der Waals surface area contributed by atoms with Gasteiger partial charge in [-0.3, -0.25) is 14.5 Å². The molecule has 0 spiro atoms. The van der Waals surface area contributed by atoms with Crippen LogP contribution in [0.5, 0.6) is 0 Å². The number of fused-ring (bicyclic) bond motifs is 1. The average molecular weight is 318 g/mol. The van der Waals surface area contributed by atoms with Crippen molar-refractivity contribution in [2.45, 2.75) is 23.6 Å². The lowest BCUT2D eigenvalue weighted by molar-refractivity contribution is -0.139. The van der Waals surface area contributed by atoms with E-state index in [-0.39, 0.29) is 29.3 Å². The number of hydrogen-bond acceptors (Lipinski definition) is 4. The highest BCUT2D eigenvalue weighted by Crippen LogP contribution is 2.39. The van der Waals surface area contributed by atoms with E-state index in [0.29, 0.717) is 6.42 Å². The Labute approximate surface area is 131 Å². The van der Waals surface area contributed by atoms with Crippen molar-refractivity contribution < 1.29 is 19.5 Å². The number of benzene rings is 1. The highest BCUT2D eigenvalue weighted by atomic mass is 32.2. The fraction of sp³-hybridized carbons (Fsp3) is 0.267. The van der Waals surface area contributed by atoms with Gasteiger partial charge in [0.25, 0.3) is 5.91 Å². The van der Waals surface area contributed by atoms with Gasteiger partial charge in [-0.05, 0) is 12.0 Å². The molecule has 1 saturated heterocycles. The molecule has 2 atom stereocenters. The van der Waals surface area contributed by atoms with Crippen molar-refractivity contribution in [3.05, 3.63) is 47.7 Å². The van der Waals surface area contributed by atoms with E-state index < -0.39 is 11.3 Å². The first-order chi connectivity index (χ1) is 10.6. The Bertz CT molecular complexity index is 659. The summed E-state index contributed by atoms with van der Waals surface area (Å²) in [5, 5.41) is 10.8. The summed E-state index contributed by atoms with van der Waals surface area (Å²) in [6.45, 7) is 0. The van der Waals surface area contributed by atoms with Crippen molar-refractivity contribution in [1.29, 1.82) is 0 Å². The number of thioether (sulfide) groups is 1. The van der Waals surface area contributed by atoms with Gasteiger partial charge in [0.05, 0.1) is 11.8 Å². The lowest BCUT2D eigenvalue weighted by atomic mass is 10.1. The van der Waals surface area contributed by atoms with Gasteiger partial charge < -0.3 is 10.4 Å². The van der Waals surface area contributed by atoms with E-state index in [1.54, 1.807) is 6.08 Å². The van der Waals surface area contributed by atoms with Crippen molar-refractivity contribution in [3.8, 4) is 0 Å². The van der Waals surface area contributed by atoms with Crippen molar-refractivity contribution in [2.75, 3.05) is 0 Å². The molecule has 6 nitrogen and oxygen atoms in total. The van der Waals surface area contributed by atoms with Gasteiger partial charge in [-0.15, -0.1) is 11.8 Å². The van der Waals surface area contributed by atoms with Crippen molar-refractivity contribution in [2.24, 2.45) is 0 Å². The molecule has 0 unspecified atom stereocenters. The number of nitrogens with zero attached hydrogens (tertiary/aromatic N) is 1. The Kier molecular flexibility index (Phi) is 3.89. The minimum atomic E-state index is -1.12. The molecule has 1 aromatic carbocycles. The largest absolute Gasteiger partial charge is 0.477 e. The Morgan fingerprint density at radius 3 is 2.73 bits per heavy atom. The van der Waals surface area contributed by atoms with Crippen LogP contribution in [0, 0.1) is 0 Å². The van der Waals surface area contributed by atoms with Crippen molar-refractivity contribution >= 4 is 29.5 Å². The van der Waals surface area contributed by atoms with E-state index in [4.69, 9.17) is 5.11 Å². The van der Waals surface area contributed by atoms with E-state index in [2.05, 4.69) is 5.32 Å². The summed E-state index contributed by atoms with van der Waals surface area (Å²) >= 11 is 1.28. The number of carboxylic acids is 1. The predicted molar refractivity (Wildman–Crippen MR) is 80.6 cm³/mol. The van der Waals surface area contributed by atoms with E-state index in [1.165, 1.54) is 16.7 Å². The molecule has 1 fully saturated rings. The molecule has 0 radical (unpaired) electrons. The number of amides is 2. The summed E-state index contributed by atoms with van der Waals surface area (Å²) in [6, 6.07) is 9.24. The van der Waals surface area contributed by atoms with E-state index >= 15 is 0 Å². The first-order valence-corrected chi connectivity index (χ1v) is 7.76. The zero-order valence-electron chi connectivity index (χ0n) is 11.6. The molecule has 0 saturated carbocycles. The van der Waals surface area contributed by atoms with Gasteiger partial charge in [-0.25, -0.2) is 4.79 Å². The lowest BCUT2D eigenvalue weighted by Crippen LogP contribution is -2.41. The molecule has 114 valence electrons. The Balaban J connectivity index is 1.63. The number of carbonyl (C=O) groups excluding carboxylic acids is 2. The number of rotatable bonds is 4. The quantitative estimate of drug-likeness (QED) is 0.863. The predicted octanol–water partition coefficient (Wildman–Crippen LogP) is 0.945. The molecule has 1 aromatic rings. The van der Waals surface area contributed by atoms with Gasteiger partial charge in [0.1, 0.15) is 5.70 Å². The fourth-order valence-electron chi connectivity index (χ4n) is 2.55. The highest BCUT2D eigenvalue weighted by Gasteiger charge is 2.46. The first-order valence-electron chi connectivity index (χ1n) is 6.81. The van der Waals surface area contributed by atoms with Crippen molar-refractivity contribution in [3.63, 3.8) is 0 Å². The van der Waals surface area contributed by atoms with Crippen LogP contribution in [0.25, 0.3) is 0 Å². The summed E-state index contributed by atoms with van der Waals surface area (Å²) in [4.78, 5) is 36.7. The molecular weight excluding hydrogens is 304 g/mol. The normalized spacial score (nSPS) is 23.2. The summed E-state index contributed by atoms with van der Waals surface area (Å²) in [5.41, 5.74) is 0.865. The Morgan fingerprint density at radius 2 is 2.05 bits per heavy atom. The second-order valence-electron chi connectivity index (χ2n) is 5.04. The van der Waals surface area contributed by atoms with Gasteiger partial charge in [0.15, 0.2) is 5.37 Å². The number of hydrogen-bond donors (Lipinski definition) is 2. The molecule has 2 N–H and O–H groups in total. The van der Waals surface area contributed by atoms with Gasteiger partial charge in [0, 0.05) is 0 Å².